The molecule has 1 N–H and O–H groups in total. The summed E-state index contributed by atoms with van der Waals surface area (Å²) in [5.41, 5.74) is 1.52. The van der Waals surface area contributed by atoms with Crippen LogP contribution >= 0.6 is 83.7 Å². The molecule has 1 amide bonds. The molecule has 21 heavy (non-hydrogen) atoms. The van der Waals surface area contributed by atoms with Gasteiger partial charge in [-0.1, -0.05) is 0 Å². The number of amides is 1. The molecule has 0 atom stereocenters. The number of carbonyl (C=O) groups is 1. The van der Waals surface area contributed by atoms with E-state index in [9.17, 15) is 4.79 Å². The van der Waals surface area contributed by atoms with Gasteiger partial charge in [0.15, 0.2) is 0 Å². The SMILES string of the molecule is CC(C)n1cc(Br)cc1C(=O)Nc1c(I)cc(I)cc1I. The zero-order chi connectivity index (χ0) is 15.7. The van der Waals surface area contributed by atoms with E-state index in [1.165, 1.54) is 0 Å². The first kappa shape index (κ1) is 18.0. The minimum absolute atomic E-state index is 0.0913. The Morgan fingerprint density at radius 2 is 1.76 bits per heavy atom. The summed E-state index contributed by atoms with van der Waals surface area (Å²) in [7, 11) is 0. The van der Waals surface area contributed by atoms with Crippen molar-refractivity contribution in [2.24, 2.45) is 0 Å². The quantitative estimate of drug-likeness (QED) is 0.402. The first-order valence-electron chi connectivity index (χ1n) is 6.13. The second-order valence-corrected chi connectivity index (χ2v) is 9.23. The molecular weight excluding hydrogens is 673 g/mol. The van der Waals surface area contributed by atoms with Crippen LogP contribution in [0.5, 0.6) is 0 Å². The minimum atomic E-state index is -0.0913. The van der Waals surface area contributed by atoms with Crippen LogP contribution in [0, 0.1) is 10.7 Å². The van der Waals surface area contributed by atoms with Crippen molar-refractivity contribution in [2.75, 3.05) is 5.32 Å². The molecule has 7 heteroatoms. The molecule has 0 unspecified atom stereocenters. The average molecular weight is 685 g/mol. The topological polar surface area (TPSA) is 34.0 Å². The molecule has 0 radical (unpaired) electrons. The van der Waals surface area contributed by atoms with E-state index >= 15 is 0 Å². The fraction of sp³-hybridized carbons (Fsp3) is 0.214. The van der Waals surface area contributed by atoms with Crippen molar-refractivity contribution >= 4 is 95.3 Å². The van der Waals surface area contributed by atoms with Gasteiger partial charge in [0.25, 0.3) is 5.91 Å². The molecule has 3 nitrogen and oxygen atoms in total. The highest BCUT2D eigenvalue weighted by atomic mass is 127. The van der Waals surface area contributed by atoms with Gasteiger partial charge in [-0.2, -0.15) is 0 Å². The van der Waals surface area contributed by atoms with Gasteiger partial charge in [-0.25, -0.2) is 0 Å². The first-order chi connectivity index (χ1) is 9.79. The van der Waals surface area contributed by atoms with Crippen molar-refractivity contribution in [1.82, 2.24) is 4.57 Å². The molecule has 1 aromatic heterocycles. The van der Waals surface area contributed by atoms with Crippen LogP contribution in [0.15, 0.2) is 28.9 Å². The lowest BCUT2D eigenvalue weighted by molar-refractivity contribution is 0.101. The number of nitrogens with zero attached hydrogens (tertiary/aromatic N) is 1. The molecule has 0 saturated heterocycles. The van der Waals surface area contributed by atoms with Gasteiger partial charge in [0.05, 0.1) is 5.69 Å². The van der Waals surface area contributed by atoms with E-state index in [4.69, 9.17) is 0 Å². The van der Waals surface area contributed by atoms with Gasteiger partial charge in [0.1, 0.15) is 5.69 Å². The summed E-state index contributed by atoms with van der Waals surface area (Å²) in [6, 6.07) is 6.18. The van der Waals surface area contributed by atoms with Crippen molar-refractivity contribution in [3.63, 3.8) is 0 Å². The summed E-state index contributed by atoms with van der Waals surface area (Å²) in [6.07, 6.45) is 1.93. The third kappa shape index (κ3) is 4.34. The number of carbonyl (C=O) groups excluding carboxylic acids is 1. The normalized spacial score (nSPS) is 11.0. The van der Waals surface area contributed by atoms with Crippen LogP contribution in [-0.4, -0.2) is 10.5 Å². The van der Waals surface area contributed by atoms with Gasteiger partial charge in [0.2, 0.25) is 0 Å². The fourth-order valence-corrected chi connectivity index (χ4v) is 6.18. The predicted octanol–water partition coefficient (Wildman–Crippen LogP) is 5.90. The Morgan fingerprint density at radius 1 is 1.19 bits per heavy atom. The van der Waals surface area contributed by atoms with Crippen molar-refractivity contribution in [3.8, 4) is 0 Å². The van der Waals surface area contributed by atoms with E-state index in [2.05, 4.69) is 115 Å². The summed E-state index contributed by atoms with van der Waals surface area (Å²) in [5.74, 6) is -0.0913. The highest BCUT2D eigenvalue weighted by molar-refractivity contribution is 14.1. The standard InChI is InChI=1S/C14H12BrI3N2O/c1-7(2)20-6-8(15)3-12(20)14(21)19-13-10(17)4-9(16)5-11(13)18/h3-7H,1-2H3,(H,19,21). The summed E-state index contributed by atoms with van der Waals surface area (Å²) < 4.78 is 6.12. The highest BCUT2D eigenvalue weighted by Gasteiger charge is 2.17. The molecule has 1 heterocycles. The number of anilines is 1. The fourth-order valence-electron chi connectivity index (χ4n) is 1.89. The zero-order valence-corrected chi connectivity index (χ0v) is 19.3. The number of nitrogens with one attached hydrogen (secondary N) is 1. The summed E-state index contributed by atoms with van der Waals surface area (Å²) >= 11 is 10.2. The molecular formula is C14H12BrI3N2O. The second kappa shape index (κ2) is 7.47. The maximum atomic E-state index is 12.6. The molecule has 2 rings (SSSR count). The van der Waals surface area contributed by atoms with Crippen LogP contribution in [-0.2, 0) is 0 Å². The van der Waals surface area contributed by atoms with Gasteiger partial charge in [-0.3, -0.25) is 4.79 Å². The number of aromatic nitrogens is 1. The number of hydrogen-bond acceptors (Lipinski definition) is 1. The maximum Gasteiger partial charge on any atom is 0.272 e. The number of rotatable bonds is 3. The molecule has 2 aromatic rings. The molecule has 0 fully saturated rings. The molecule has 0 spiro atoms. The van der Waals surface area contributed by atoms with E-state index in [-0.39, 0.29) is 11.9 Å². The van der Waals surface area contributed by atoms with Gasteiger partial charge in [-0.15, -0.1) is 0 Å². The Kier molecular flexibility index (Phi) is 6.40. The van der Waals surface area contributed by atoms with Crippen molar-refractivity contribution in [1.29, 1.82) is 0 Å². The lowest BCUT2D eigenvalue weighted by atomic mass is 10.3. The second-order valence-electron chi connectivity index (χ2n) is 4.74. The predicted molar refractivity (Wildman–Crippen MR) is 115 cm³/mol. The van der Waals surface area contributed by atoms with Crippen molar-refractivity contribution < 1.29 is 4.79 Å². The Balaban J connectivity index is 2.35. The number of hydrogen-bond donors (Lipinski definition) is 1. The average Bonchev–Trinajstić information content (AvgIpc) is 2.76. The van der Waals surface area contributed by atoms with Gasteiger partial charge < -0.3 is 9.88 Å². The molecule has 0 aliphatic rings. The van der Waals surface area contributed by atoms with Crippen LogP contribution in [0.25, 0.3) is 0 Å². The van der Waals surface area contributed by atoms with Crippen molar-refractivity contribution in [3.05, 3.63) is 45.3 Å². The zero-order valence-electron chi connectivity index (χ0n) is 11.3. The molecule has 0 saturated carbocycles. The third-order valence-electron chi connectivity index (χ3n) is 2.85. The molecule has 0 aliphatic heterocycles. The van der Waals surface area contributed by atoms with Crippen LogP contribution in [0.4, 0.5) is 5.69 Å². The first-order valence-corrected chi connectivity index (χ1v) is 10.2. The van der Waals surface area contributed by atoms with Crippen LogP contribution < -0.4 is 5.32 Å². The number of halogens is 4. The summed E-state index contributed by atoms with van der Waals surface area (Å²) in [4.78, 5) is 12.6. The Labute approximate surface area is 173 Å². The highest BCUT2D eigenvalue weighted by Crippen LogP contribution is 2.28. The lowest BCUT2D eigenvalue weighted by Crippen LogP contribution is -2.19. The summed E-state index contributed by atoms with van der Waals surface area (Å²) in [6.45, 7) is 4.11. The van der Waals surface area contributed by atoms with Crippen LogP contribution in [0.1, 0.15) is 30.4 Å². The Bertz CT molecular complexity index is 675. The molecule has 112 valence electrons. The lowest BCUT2D eigenvalue weighted by Gasteiger charge is -2.14. The van der Waals surface area contributed by atoms with Gasteiger partial charge >= 0.3 is 0 Å². The van der Waals surface area contributed by atoms with E-state index in [1.54, 1.807) is 0 Å². The van der Waals surface area contributed by atoms with E-state index in [0.29, 0.717) is 5.69 Å². The van der Waals surface area contributed by atoms with Crippen LogP contribution in [0.3, 0.4) is 0 Å². The summed E-state index contributed by atoms with van der Waals surface area (Å²) in [5, 5.41) is 3.03. The third-order valence-corrected chi connectivity index (χ3v) is 5.61. The molecule has 0 bridgehead atoms. The van der Waals surface area contributed by atoms with E-state index < -0.39 is 0 Å². The van der Waals surface area contributed by atoms with E-state index in [1.807, 2.05) is 16.8 Å². The monoisotopic (exact) mass is 684 g/mol. The van der Waals surface area contributed by atoms with Crippen molar-refractivity contribution in [2.45, 2.75) is 19.9 Å². The minimum Gasteiger partial charge on any atom is -0.340 e. The van der Waals surface area contributed by atoms with Crippen LogP contribution in [0.2, 0.25) is 0 Å². The maximum absolute atomic E-state index is 12.6. The van der Waals surface area contributed by atoms with Gasteiger partial charge in [-0.05, 0) is 116 Å². The largest absolute Gasteiger partial charge is 0.340 e. The molecule has 0 aliphatic carbocycles. The molecule has 1 aromatic carbocycles. The Hall–Kier alpha value is 0.640. The van der Waals surface area contributed by atoms with E-state index in [0.717, 1.165) is 20.9 Å². The number of benzene rings is 1. The van der Waals surface area contributed by atoms with Gasteiger partial charge in [0, 0.05) is 27.4 Å². The smallest absolute Gasteiger partial charge is 0.272 e. The Morgan fingerprint density at radius 3 is 2.29 bits per heavy atom.